The molecule has 1 aromatic heterocycles. The number of benzene rings is 1. The summed E-state index contributed by atoms with van der Waals surface area (Å²) in [7, 11) is 0. The van der Waals surface area contributed by atoms with Gasteiger partial charge in [-0.2, -0.15) is 5.10 Å². The van der Waals surface area contributed by atoms with Gasteiger partial charge in [-0.05, 0) is 6.07 Å². The Morgan fingerprint density at radius 3 is 2.71 bits per heavy atom. The van der Waals surface area contributed by atoms with E-state index in [9.17, 15) is 9.50 Å². The highest BCUT2D eigenvalue weighted by atomic mass is 19.1. The molecule has 0 aliphatic rings. The van der Waals surface area contributed by atoms with Gasteiger partial charge in [-0.3, -0.25) is 0 Å². The molecule has 5 heteroatoms. The van der Waals surface area contributed by atoms with Crippen LogP contribution in [0.5, 0.6) is 11.5 Å². The van der Waals surface area contributed by atoms with E-state index in [2.05, 4.69) is 11.3 Å². The van der Waals surface area contributed by atoms with Crippen LogP contribution in [0.4, 0.5) is 4.39 Å². The number of aromatic nitrogens is 2. The van der Waals surface area contributed by atoms with E-state index in [0.29, 0.717) is 0 Å². The van der Waals surface area contributed by atoms with E-state index < -0.39 is 5.82 Å². The van der Waals surface area contributed by atoms with Gasteiger partial charge in [-0.15, -0.1) is 0 Å². The van der Waals surface area contributed by atoms with E-state index in [0.717, 1.165) is 16.8 Å². The zero-order chi connectivity index (χ0) is 10.1. The van der Waals surface area contributed by atoms with Crippen LogP contribution in [-0.2, 0) is 0 Å². The number of hydrogen-bond acceptors (Lipinski definition) is 3. The van der Waals surface area contributed by atoms with Crippen LogP contribution in [0, 0.1) is 12.0 Å². The summed E-state index contributed by atoms with van der Waals surface area (Å²) in [5.74, 6) is -1.46. The van der Waals surface area contributed by atoms with Crippen LogP contribution in [0.1, 0.15) is 0 Å². The van der Waals surface area contributed by atoms with Crippen LogP contribution in [0.2, 0.25) is 0 Å². The first-order valence-corrected chi connectivity index (χ1v) is 3.82. The van der Waals surface area contributed by atoms with Gasteiger partial charge in [0.15, 0.2) is 5.82 Å². The van der Waals surface area contributed by atoms with Crippen LogP contribution in [0.3, 0.4) is 0 Å². The zero-order valence-corrected chi connectivity index (χ0v) is 6.98. The summed E-state index contributed by atoms with van der Waals surface area (Å²) < 4.78 is 14.4. The van der Waals surface area contributed by atoms with Gasteiger partial charge in [0.1, 0.15) is 23.4 Å². The zero-order valence-electron chi connectivity index (χ0n) is 6.98. The molecule has 2 N–H and O–H groups in total. The lowest BCUT2D eigenvalue weighted by atomic mass is 10.2. The molecule has 2 aromatic rings. The first-order valence-electron chi connectivity index (χ1n) is 3.82. The van der Waals surface area contributed by atoms with Crippen LogP contribution in [0.15, 0.2) is 24.4 Å². The Morgan fingerprint density at radius 1 is 1.36 bits per heavy atom. The third kappa shape index (κ3) is 1.28. The van der Waals surface area contributed by atoms with Gasteiger partial charge >= 0.3 is 0 Å². The molecule has 0 aliphatic heterocycles. The lowest BCUT2D eigenvalue weighted by Crippen LogP contribution is -1.98. The predicted octanol–water partition coefficient (Wildman–Crippen LogP) is 1.22. The standard InChI is InChI=1S/C9H6FN2O2/c10-7-4-6(13)5-8(14)9(7)12-3-1-2-11-12/h1,3-5,13-14H. The molecule has 1 heterocycles. The molecule has 0 amide bonds. The minimum absolute atomic E-state index is 0.107. The Kier molecular flexibility index (Phi) is 1.85. The number of halogens is 1. The predicted molar refractivity (Wildman–Crippen MR) is 45.7 cm³/mol. The summed E-state index contributed by atoms with van der Waals surface area (Å²) in [5, 5.41) is 22.0. The Hall–Kier alpha value is -2.04. The Bertz CT molecular complexity index is 431. The summed E-state index contributed by atoms with van der Waals surface area (Å²) in [5.41, 5.74) is -0.107. The first kappa shape index (κ1) is 8.55. The maximum atomic E-state index is 13.3. The number of rotatable bonds is 1. The van der Waals surface area contributed by atoms with Gasteiger partial charge < -0.3 is 10.2 Å². The fourth-order valence-electron chi connectivity index (χ4n) is 1.15. The van der Waals surface area contributed by atoms with Crippen molar-refractivity contribution in [3.8, 4) is 17.2 Å². The fourth-order valence-corrected chi connectivity index (χ4v) is 1.15. The van der Waals surface area contributed by atoms with E-state index in [1.165, 1.54) is 12.3 Å². The van der Waals surface area contributed by atoms with Gasteiger partial charge in [-0.1, -0.05) is 0 Å². The number of phenolic OH excluding ortho intramolecular Hbond substituents is 2. The Balaban J connectivity index is 2.64. The van der Waals surface area contributed by atoms with E-state index in [1.807, 2.05) is 0 Å². The van der Waals surface area contributed by atoms with Gasteiger partial charge in [-0.25, -0.2) is 9.07 Å². The topological polar surface area (TPSA) is 58.3 Å². The number of aromatic hydroxyl groups is 2. The maximum Gasteiger partial charge on any atom is 0.156 e. The molecule has 0 saturated heterocycles. The average Bonchev–Trinajstić information content (AvgIpc) is 2.54. The van der Waals surface area contributed by atoms with Crippen molar-refractivity contribution in [3.63, 3.8) is 0 Å². The maximum absolute atomic E-state index is 13.3. The van der Waals surface area contributed by atoms with Crippen molar-refractivity contribution in [2.24, 2.45) is 0 Å². The lowest BCUT2D eigenvalue weighted by Gasteiger charge is -2.05. The van der Waals surface area contributed by atoms with Crippen molar-refractivity contribution in [1.29, 1.82) is 0 Å². The number of hydrogen-bond donors (Lipinski definition) is 2. The van der Waals surface area contributed by atoms with E-state index in [4.69, 9.17) is 5.11 Å². The minimum atomic E-state index is -0.750. The number of phenols is 2. The fraction of sp³-hybridized carbons (Fsp3) is 0. The molecule has 2 rings (SSSR count). The average molecular weight is 193 g/mol. The second-order valence-corrected chi connectivity index (χ2v) is 2.68. The van der Waals surface area contributed by atoms with Gasteiger partial charge in [0.25, 0.3) is 0 Å². The molecular formula is C9H6FN2O2. The Labute approximate surface area is 78.8 Å². The van der Waals surface area contributed by atoms with Crippen molar-refractivity contribution < 1.29 is 14.6 Å². The van der Waals surface area contributed by atoms with Crippen molar-refractivity contribution in [2.45, 2.75) is 0 Å². The summed E-state index contributed by atoms with van der Waals surface area (Å²) >= 11 is 0. The second kappa shape index (κ2) is 3.02. The molecule has 0 bridgehead atoms. The quantitative estimate of drug-likeness (QED) is 0.715. The smallest absolute Gasteiger partial charge is 0.156 e. The Morgan fingerprint density at radius 2 is 2.14 bits per heavy atom. The van der Waals surface area contributed by atoms with Crippen LogP contribution < -0.4 is 0 Å². The molecule has 1 radical (unpaired) electrons. The van der Waals surface area contributed by atoms with Crippen molar-refractivity contribution in [2.75, 3.05) is 0 Å². The van der Waals surface area contributed by atoms with Crippen molar-refractivity contribution in [1.82, 2.24) is 9.78 Å². The van der Waals surface area contributed by atoms with E-state index in [1.54, 1.807) is 0 Å². The van der Waals surface area contributed by atoms with E-state index in [-0.39, 0.29) is 17.2 Å². The minimum Gasteiger partial charge on any atom is -0.508 e. The largest absolute Gasteiger partial charge is 0.508 e. The molecule has 4 nitrogen and oxygen atoms in total. The molecule has 0 spiro atoms. The highest BCUT2D eigenvalue weighted by molar-refractivity contribution is 5.50. The van der Waals surface area contributed by atoms with Gasteiger partial charge in [0, 0.05) is 18.3 Å². The second-order valence-electron chi connectivity index (χ2n) is 2.68. The van der Waals surface area contributed by atoms with Crippen LogP contribution in [-0.4, -0.2) is 20.0 Å². The van der Waals surface area contributed by atoms with E-state index >= 15 is 0 Å². The monoisotopic (exact) mass is 193 g/mol. The molecular weight excluding hydrogens is 187 g/mol. The van der Waals surface area contributed by atoms with Gasteiger partial charge in [0.05, 0.1) is 0 Å². The van der Waals surface area contributed by atoms with Gasteiger partial charge in [0.2, 0.25) is 0 Å². The molecule has 0 saturated carbocycles. The summed E-state index contributed by atoms with van der Waals surface area (Å²) in [4.78, 5) is 0. The third-order valence-electron chi connectivity index (χ3n) is 1.71. The van der Waals surface area contributed by atoms with Crippen LogP contribution in [0.25, 0.3) is 5.69 Å². The highest BCUT2D eigenvalue weighted by Crippen LogP contribution is 2.28. The summed E-state index contributed by atoms with van der Waals surface area (Å²) in [6.45, 7) is 0. The molecule has 14 heavy (non-hydrogen) atoms. The lowest BCUT2D eigenvalue weighted by molar-refractivity contribution is 0.436. The van der Waals surface area contributed by atoms with Crippen molar-refractivity contribution >= 4 is 0 Å². The molecule has 71 valence electrons. The van der Waals surface area contributed by atoms with Crippen LogP contribution >= 0.6 is 0 Å². The normalized spacial score (nSPS) is 10.4. The number of nitrogens with zero attached hydrogens (tertiary/aromatic N) is 2. The third-order valence-corrected chi connectivity index (χ3v) is 1.71. The first-order chi connectivity index (χ1) is 6.68. The molecule has 1 aromatic carbocycles. The molecule has 0 atom stereocenters. The SMILES string of the molecule is Oc1cc(O)c(-n2cc[c]n2)c(F)c1. The highest BCUT2D eigenvalue weighted by Gasteiger charge is 2.12. The van der Waals surface area contributed by atoms with Crippen molar-refractivity contribution in [3.05, 3.63) is 36.4 Å². The summed E-state index contributed by atoms with van der Waals surface area (Å²) in [6, 6.07) is 3.42. The molecule has 0 unspecified atom stereocenters. The molecule has 0 aliphatic carbocycles. The molecule has 0 fully saturated rings. The summed E-state index contributed by atoms with van der Waals surface area (Å²) in [6.07, 6.45) is 3.91.